The van der Waals surface area contributed by atoms with Crippen LogP contribution in [0.25, 0.3) is 0 Å². The number of rotatable bonds is 4. The van der Waals surface area contributed by atoms with E-state index in [4.69, 9.17) is 5.26 Å². The molecule has 1 aromatic heterocycles. The van der Waals surface area contributed by atoms with Crippen LogP contribution >= 0.6 is 0 Å². The Hall–Kier alpha value is -3.65. The molecule has 28 heavy (non-hydrogen) atoms. The van der Waals surface area contributed by atoms with Crippen LogP contribution in [0.1, 0.15) is 42.3 Å². The van der Waals surface area contributed by atoms with E-state index in [-0.39, 0.29) is 11.3 Å². The molecule has 0 spiro atoms. The zero-order valence-electron chi connectivity index (χ0n) is 16.2. The Kier molecular flexibility index (Phi) is 5.42. The molecule has 0 saturated heterocycles. The summed E-state index contributed by atoms with van der Waals surface area (Å²) in [5.41, 5.74) is 4.28. The third kappa shape index (κ3) is 4.54. The van der Waals surface area contributed by atoms with Gasteiger partial charge in [0.05, 0.1) is 28.7 Å². The van der Waals surface area contributed by atoms with Gasteiger partial charge in [0.25, 0.3) is 5.91 Å². The molecule has 0 saturated carbocycles. The van der Waals surface area contributed by atoms with Crippen molar-refractivity contribution in [1.29, 1.82) is 5.26 Å². The van der Waals surface area contributed by atoms with Crippen molar-refractivity contribution < 1.29 is 4.79 Å². The minimum Gasteiger partial charge on any atom is -0.354 e. The van der Waals surface area contributed by atoms with Crippen molar-refractivity contribution in [2.45, 2.75) is 26.2 Å². The van der Waals surface area contributed by atoms with Crippen molar-refractivity contribution in [3.63, 3.8) is 0 Å². The first kappa shape index (κ1) is 19.1. The Bertz CT molecular complexity index is 1030. The highest BCUT2D eigenvalue weighted by Gasteiger charge is 2.13. The zero-order valence-corrected chi connectivity index (χ0v) is 16.2. The van der Waals surface area contributed by atoms with Crippen molar-refractivity contribution in [2.24, 2.45) is 0 Å². The third-order valence-electron chi connectivity index (χ3n) is 4.34. The number of nitrogens with one attached hydrogen (secondary N) is 2. The van der Waals surface area contributed by atoms with Gasteiger partial charge in [0, 0.05) is 11.9 Å². The molecule has 0 aliphatic rings. The third-order valence-corrected chi connectivity index (χ3v) is 4.34. The van der Waals surface area contributed by atoms with E-state index in [9.17, 15) is 4.79 Å². The van der Waals surface area contributed by atoms with E-state index >= 15 is 0 Å². The minimum absolute atomic E-state index is 0.0950. The number of hydrogen-bond donors (Lipinski definition) is 2. The molecule has 0 aliphatic carbocycles. The van der Waals surface area contributed by atoms with Crippen LogP contribution < -0.4 is 10.6 Å². The first-order chi connectivity index (χ1) is 13.4. The van der Waals surface area contributed by atoms with Gasteiger partial charge in [-0.25, -0.2) is 0 Å². The van der Waals surface area contributed by atoms with Crippen molar-refractivity contribution in [1.82, 2.24) is 4.98 Å². The van der Waals surface area contributed by atoms with Gasteiger partial charge in [-0.1, -0.05) is 45.0 Å². The van der Waals surface area contributed by atoms with Gasteiger partial charge >= 0.3 is 0 Å². The van der Waals surface area contributed by atoms with E-state index in [1.54, 1.807) is 36.5 Å². The van der Waals surface area contributed by atoms with E-state index in [2.05, 4.69) is 54.6 Å². The summed E-state index contributed by atoms with van der Waals surface area (Å²) in [5.74, 6) is -0.318. The number of nitrogens with zero attached hydrogens (tertiary/aromatic N) is 2. The van der Waals surface area contributed by atoms with Crippen LogP contribution in [0.4, 0.5) is 17.1 Å². The van der Waals surface area contributed by atoms with Crippen LogP contribution in [0, 0.1) is 11.3 Å². The predicted molar refractivity (Wildman–Crippen MR) is 112 cm³/mol. The molecule has 3 rings (SSSR count). The number of pyridine rings is 1. The summed E-state index contributed by atoms with van der Waals surface area (Å²) >= 11 is 0. The van der Waals surface area contributed by atoms with Crippen LogP contribution in [-0.4, -0.2) is 10.9 Å². The van der Waals surface area contributed by atoms with E-state index in [1.807, 2.05) is 12.1 Å². The highest BCUT2D eigenvalue weighted by atomic mass is 16.1. The fourth-order valence-electron chi connectivity index (χ4n) is 2.74. The maximum Gasteiger partial charge on any atom is 0.257 e. The Morgan fingerprint density at radius 2 is 1.71 bits per heavy atom. The second-order valence-electron chi connectivity index (χ2n) is 7.53. The molecule has 0 atom stereocenters. The lowest BCUT2D eigenvalue weighted by Gasteiger charge is -2.19. The highest BCUT2D eigenvalue weighted by Crippen LogP contribution is 2.25. The van der Waals surface area contributed by atoms with Gasteiger partial charge in [0.1, 0.15) is 6.07 Å². The van der Waals surface area contributed by atoms with Gasteiger partial charge in [-0.15, -0.1) is 0 Å². The summed E-state index contributed by atoms with van der Waals surface area (Å²) in [6.45, 7) is 6.52. The average Bonchev–Trinajstić information content (AvgIpc) is 2.68. The maximum absolute atomic E-state index is 12.6. The summed E-state index contributed by atoms with van der Waals surface area (Å²) in [6, 6.07) is 18.9. The molecule has 5 nitrogen and oxygen atoms in total. The van der Waals surface area contributed by atoms with Gasteiger partial charge in [0.15, 0.2) is 0 Å². The molecule has 140 valence electrons. The number of carbonyl (C=O) groups excluding carboxylic acids is 1. The molecular weight excluding hydrogens is 348 g/mol. The number of aromatic nitrogens is 1. The van der Waals surface area contributed by atoms with Crippen molar-refractivity contribution >= 4 is 23.0 Å². The molecule has 0 aliphatic heterocycles. The molecule has 3 aromatic rings. The van der Waals surface area contributed by atoms with Gasteiger partial charge in [0.2, 0.25) is 0 Å². The molecule has 2 aromatic carbocycles. The van der Waals surface area contributed by atoms with E-state index in [0.29, 0.717) is 22.5 Å². The molecule has 1 amide bonds. The van der Waals surface area contributed by atoms with E-state index < -0.39 is 0 Å². The van der Waals surface area contributed by atoms with Gasteiger partial charge in [-0.2, -0.15) is 5.26 Å². The first-order valence-electron chi connectivity index (χ1n) is 9.00. The van der Waals surface area contributed by atoms with Crippen LogP contribution in [0.3, 0.4) is 0 Å². The Labute approximate surface area is 165 Å². The number of hydrogen-bond acceptors (Lipinski definition) is 4. The van der Waals surface area contributed by atoms with Crippen molar-refractivity contribution in [3.05, 3.63) is 83.7 Å². The molecule has 0 bridgehead atoms. The number of anilines is 3. The van der Waals surface area contributed by atoms with E-state index in [1.165, 1.54) is 11.8 Å². The molecule has 0 radical (unpaired) electrons. The summed E-state index contributed by atoms with van der Waals surface area (Å²) in [4.78, 5) is 16.7. The fraction of sp³-hybridized carbons (Fsp3) is 0.174. The Morgan fingerprint density at radius 3 is 2.39 bits per heavy atom. The average molecular weight is 370 g/mol. The van der Waals surface area contributed by atoms with Crippen molar-refractivity contribution in [2.75, 3.05) is 10.6 Å². The monoisotopic (exact) mass is 370 g/mol. The smallest absolute Gasteiger partial charge is 0.257 e. The number of nitriles is 1. The highest BCUT2D eigenvalue weighted by molar-refractivity contribution is 6.05. The topological polar surface area (TPSA) is 77.8 Å². The van der Waals surface area contributed by atoms with Gasteiger partial charge < -0.3 is 10.6 Å². The second kappa shape index (κ2) is 7.93. The van der Waals surface area contributed by atoms with Crippen LogP contribution in [0.15, 0.2) is 67.0 Å². The number of carbonyl (C=O) groups is 1. The maximum atomic E-state index is 12.6. The van der Waals surface area contributed by atoms with E-state index in [0.717, 1.165) is 5.69 Å². The summed E-state index contributed by atoms with van der Waals surface area (Å²) in [5, 5.41) is 15.2. The summed E-state index contributed by atoms with van der Waals surface area (Å²) in [7, 11) is 0. The molecular formula is C23H22N4O. The minimum atomic E-state index is -0.318. The van der Waals surface area contributed by atoms with Crippen molar-refractivity contribution in [3.8, 4) is 6.07 Å². The predicted octanol–water partition coefficient (Wildman–Crippen LogP) is 5.25. The van der Waals surface area contributed by atoms with Gasteiger partial charge in [-0.3, -0.25) is 9.78 Å². The lowest BCUT2D eigenvalue weighted by molar-refractivity contribution is 0.102. The normalized spacial score (nSPS) is 10.8. The quantitative estimate of drug-likeness (QED) is 0.658. The van der Waals surface area contributed by atoms with Crippen LogP contribution in [0.5, 0.6) is 0 Å². The largest absolute Gasteiger partial charge is 0.354 e. The number of benzene rings is 2. The molecule has 5 heteroatoms. The molecule has 1 heterocycles. The Morgan fingerprint density at radius 1 is 1.00 bits per heavy atom. The second-order valence-corrected chi connectivity index (χ2v) is 7.53. The lowest BCUT2D eigenvalue weighted by atomic mass is 9.87. The molecule has 0 unspecified atom stereocenters. The fourth-order valence-corrected chi connectivity index (χ4v) is 2.74. The van der Waals surface area contributed by atoms with Gasteiger partial charge in [-0.05, 0) is 41.3 Å². The molecule has 0 fully saturated rings. The zero-order chi connectivity index (χ0) is 20.1. The summed E-state index contributed by atoms with van der Waals surface area (Å²) in [6.07, 6.45) is 3.16. The number of amides is 1. The SMILES string of the molecule is CC(C)(C)c1ccc(Nc2cncc(C(=O)Nc3ccccc3C#N)c2)cc1. The molecule has 2 N–H and O–H groups in total. The lowest BCUT2D eigenvalue weighted by Crippen LogP contribution is -2.13. The van der Waals surface area contributed by atoms with Crippen LogP contribution in [0.2, 0.25) is 0 Å². The first-order valence-corrected chi connectivity index (χ1v) is 9.00. The van der Waals surface area contributed by atoms with Crippen LogP contribution in [-0.2, 0) is 5.41 Å². The number of para-hydroxylation sites is 1. The summed E-state index contributed by atoms with van der Waals surface area (Å²) < 4.78 is 0. The Balaban J connectivity index is 1.75. The standard InChI is InChI=1S/C23H22N4O/c1-23(2,3)18-8-10-19(11-9-18)26-20-12-17(14-25-15-20)22(28)27-21-7-5-4-6-16(21)13-24/h4-12,14-15,26H,1-3H3,(H,27,28).